The summed E-state index contributed by atoms with van der Waals surface area (Å²) in [5.41, 5.74) is -1.20. The van der Waals surface area contributed by atoms with Crippen molar-refractivity contribution in [2.45, 2.75) is 64.6 Å². The van der Waals surface area contributed by atoms with E-state index in [1.807, 2.05) is 6.92 Å². The molecule has 0 aliphatic carbocycles. The normalized spacial score (nSPS) is 19.2. The Morgan fingerprint density at radius 1 is 1.33 bits per heavy atom. The molecule has 0 aliphatic rings. The minimum atomic E-state index is -1.20. The number of nitrogens with zero attached hydrogens (tertiary/aromatic N) is 1. The van der Waals surface area contributed by atoms with Gasteiger partial charge in [-0.1, -0.05) is 39.5 Å². The number of hydrogen-bond acceptors (Lipinski definition) is 4. The third-order valence-corrected chi connectivity index (χ3v) is 3.69. The van der Waals surface area contributed by atoms with Crippen LogP contribution in [0.5, 0.6) is 0 Å². The van der Waals surface area contributed by atoms with Crippen molar-refractivity contribution in [2.24, 2.45) is 10.9 Å². The zero-order valence-electron chi connectivity index (χ0n) is 12.4. The van der Waals surface area contributed by atoms with Crippen LogP contribution in [0, 0.1) is 5.92 Å². The maximum absolute atomic E-state index is 10.6. The summed E-state index contributed by atoms with van der Waals surface area (Å²) in [6.45, 7) is 5.86. The molecule has 0 amide bonds. The Balaban J connectivity index is 4.72. The van der Waals surface area contributed by atoms with E-state index in [1.165, 1.54) is 7.11 Å². The van der Waals surface area contributed by atoms with E-state index in [0.717, 1.165) is 32.1 Å². The van der Waals surface area contributed by atoms with Crippen molar-refractivity contribution in [3.63, 3.8) is 0 Å². The third kappa shape index (κ3) is 4.58. The second-order valence-corrected chi connectivity index (χ2v) is 5.00. The van der Waals surface area contributed by atoms with Crippen molar-refractivity contribution >= 4 is 5.90 Å². The van der Waals surface area contributed by atoms with E-state index in [0.29, 0.717) is 0 Å². The van der Waals surface area contributed by atoms with E-state index in [2.05, 4.69) is 11.9 Å². The number of ether oxygens (including phenoxy) is 1. The molecule has 0 heterocycles. The second kappa shape index (κ2) is 8.48. The molecule has 0 aliphatic heterocycles. The van der Waals surface area contributed by atoms with Gasteiger partial charge in [0.2, 0.25) is 5.90 Å². The molecule has 3 unspecified atom stereocenters. The van der Waals surface area contributed by atoms with Gasteiger partial charge in [0.05, 0.1) is 12.7 Å². The summed E-state index contributed by atoms with van der Waals surface area (Å²) in [5.74, 6) is 0.236. The van der Waals surface area contributed by atoms with Crippen LogP contribution in [0.15, 0.2) is 4.99 Å². The van der Waals surface area contributed by atoms with Crippen LogP contribution in [-0.4, -0.2) is 42.0 Å². The summed E-state index contributed by atoms with van der Waals surface area (Å²) in [4.78, 5) is 3.87. The SMILES string of the molecule is CCCCCC(CC)C(C)(O)C(O)C(=NC)OC. The molecule has 4 heteroatoms. The number of aliphatic hydroxyl groups excluding tert-OH is 1. The van der Waals surface area contributed by atoms with Gasteiger partial charge < -0.3 is 14.9 Å². The molecule has 108 valence electrons. The van der Waals surface area contributed by atoms with Crippen LogP contribution in [0.25, 0.3) is 0 Å². The Morgan fingerprint density at radius 3 is 2.33 bits per heavy atom. The van der Waals surface area contributed by atoms with Crippen molar-refractivity contribution in [3.8, 4) is 0 Å². The minimum Gasteiger partial charge on any atom is -0.482 e. The number of hydrogen-bond donors (Lipinski definition) is 2. The lowest BCUT2D eigenvalue weighted by molar-refractivity contribution is -0.0823. The highest BCUT2D eigenvalue weighted by atomic mass is 16.5. The number of methoxy groups -OCH3 is 1. The number of rotatable bonds is 8. The lowest BCUT2D eigenvalue weighted by atomic mass is 9.79. The first-order valence-electron chi connectivity index (χ1n) is 6.86. The Kier molecular flexibility index (Phi) is 8.20. The average molecular weight is 259 g/mol. The van der Waals surface area contributed by atoms with E-state index < -0.39 is 11.7 Å². The van der Waals surface area contributed by atoms with Gasteiger partial charge >= 0.3 is 0 Å². The summed E-state index contributed by atoms with van der Waals surface area (Å²) in [5, 5.41) is 20.8. The van der Waals surface area contributed by atoms with E-state index in [9.17, 15) is 10.2 Å². The van der Waals surface area contributed by atoms with Gasteiger partial charge in [-0.05, 0) is 19.3 Å². The molecule has 0 aromatic rings. The molecular formula is C14H29NO3. The second-order valence-electron chi connectivity index (χ2n) is 5.00. The first-order chi connectivity index (χ1) is 8.45. The molecule has 0 fully saturated rings. The van der Waals surface area contributed by atoms with Crippen molar-refractivity contribution < 1.29 is 14.9 Å². The fourth-order valence-corrected chi connectivity index (χ4v) is 2.35. The van der Waals surface area contributed by atoms with E-state index in [1.54, 1.807) is 14.0 Å². The monoisotopic (exact) mass is 259 g/mol. The smallest absolute Gasteiger partial charge is 0.215 e. The maximum atomic E-state index is 10.6. The Hall–Kier alpha value is -0.610. The molecule has 0 aromatic carbocycles. The molecule has 0 radical (unpaired) electrons. The minimum absolute atomic E-state index is 0.0472. The first-order valence-corrected chi connectivity index (χ1v) is 6.86. The zero-order chi connectivity index (χ0) is 14.2. The summed E-state index contributed by atoms with van der Waals surface area (Å²) in [6, 6.07) is 0. The summed E-state index contributed by atoms with van der Waals surface area (Å²) < 4.78 is 5.01. The van der Waals surface area contributed by atoms with Crippen LogP contribution in [0.3, 0.4) is 0 Å². The summed E-state index contributed by atoms with van der Waals surface area (Å²) in [6.07, 6.45) is 4.05. The highest BCUT2D eigenvalue weighted by Gasteiger charge is 2.40. The van der Waals surface area contributed by atoms with E-state index in [-0.39, 0.29) is 11.8 Å². The molecule has 0 bridgehead atoms. The topological polar surface area (TPSA) is 62.0 Å². The lowest BCUT2D eigenvalue weighted by Gasteiger charge is -2.36. The van der Waals surface area contributed by atoms with Crippen LogP contribution >= 0.6 is 0 Å². The van der Waals surface area contributed by atoms with E-state index in [4.69, 9.17) is 4.74 Å². The molecule has 3 atom stereocenters. The van der Waals surface area contributed by atoms with Crippen molar-refractivity contribution in [2.75, 3.05) is 14.2 Å². The molecule has 0 aromatic heterocycles. The maximum Gasteiger partial charge on any atom is 0.215 e. The quantitative estimate of drug-likeness (QED) is 0.400. The Labute approximate surface area is 111 Å². The predicted octanol–water partition coefficient (Wildman–Crippen LogP) is 2.38. The third-order valence-electron chi connectivity index (χ3n) is 3.69. The first kappa shape index (κ1) is 17.4. The van der Waals surface area contributed by atoms with Gasteiger partial charge in [0.1, 0.15) is 0 Å². The fourth-order valence-electron chi connectivity index (χ4n) is 2.35. The highest BCUT2D eigenvalue weighted by molar-refractivity contribution is 5.81. The molecule has 0 saturated heterocycles. The zero-order valence-corrected chi connectivity index (χ0v) is 12.4. The van der Waals surface area contributed by atoms with Crippen LogP contribution < -0.4 is 0 Å². The lowest BCUT2D eigenvalue weighted by Crippen LogP contribution is -2.50. The van der Waals surface area contributed by atoms with E-state index >= 15 is 0 Å². The largest absolute Gasteiger partial charge is 0.482 e. The number of aliphatic hydroxyl groups is 2. The van der Waals surface area contributed by atoms with Crippen LogP contribution in [-0.2, 0) is 4.74 Å². The standard InChI is InChI=1S/C14H29NO3/c1-6-8-9-10-11(7-2)14(3,17)12(16)13(15-4)18-5/h11-12,16-17H,6-10H2,1-5H3. The summed E-state index contributed by atoms with van der Waals surface area (Å²) in [7, 11) is 3.01. The summed E-state index contributed by atoms with van der Waals surface area (Å²) >= 11 is 0. The van der Waals surface area contributed by atoms with Gasteiger partial charge in [-0.3, -0.25) is 4.99 Å². The Bertz CT molecular complexity index is 251. The molecule has 0 spiro atoms. The van der Waals surface area contributed by atoms with Gasteiger partial charge in [0.25, 0.3) is 0 Å². The van der Waals surface area contributed by atoms with Gasteiger partial charge in [0, 0.05) is 7.05 Å². The molecule has 18 heavy (non-hydrogen) atoms. The number of aliphatic imine (C=N–C) groups is 1. The van der Waals surface area contributed by atoms with Gasteiger partial charge in [-0.2, -0.15) is 0 Å². The average Bonchev–Trinajstić information content (AvgIpc) is 2.35. The fraction of sp³-hybridized carbons (Fsp3) is 0.929. The number of unbranched alkanes of at least 4 members (excludes halogenated alkanes) is 2. The van der Waals surface area contributed by atoms with Gasteiger partial charge in [-0.15, -0.1) is 0 Å². The van der Waals surface area contributed by atoms with Gasteiger partial charge in [0.15, 0.2) is 6.10 Å². The molecule has 0 rings (SSSR count). The molecule has 4 nitrogen and oxygen atoms in total. The van der Waals surface area contributed by atoms with Crippen molar-refractivity contribution in [3.05, 3.63) is 0 Å². The van der Waals surface area contributed by atoms with Crippen LogP contribution in [0.1, 0.15) is 52.9 Å². The molecule has 2 N–H and O–H groups in total. The Morgan fingerprint density at radius 2 is 1.94 bits per heavy atom. The van der Waals surface area contributed by atoms with Crippen molar-refractivity contribution in [1.29, 1.82) is 0 Å². The molecule has 0 saturated carbocycles. The highest BCUT2D eigenvalue weighted by Crippen LogP contribution is 2.30. The van der Waals surface area contributed by atoms with Crippen LogP contribution in [0.2, 0.25) is 0 Å². The van der Waals surface area contributed by atoms with Crippen molar-refractivity contribution in [1.82, 2.24) is 0 Å². The predicted molar refractivity (Wildman–Crippen MR) is 74.9 cm³/mol. The van der Waals surface area contributed by atoms with Crippen LogP contribution in [0.4, 0.5) is 0 Å². The van der Waals surface area contributed by atoms with Gasteiger partial charge in [-0.25, -0.2) is 0 Å². The molecular weight excluding hydrogens is 230 g/mol.